The predicted molar refractivity (Wildman–Crippen MR) is 81.3 cm³/mol. The van der Waals surface area contributed by atoms with Crippen LogP contribution in [0.15, 0.2) is 30.3 Å². The van der Waals surface area contributed by atoms with Gasteiger partial charge in [0.2, 0.25) is 0 Å². The van der Waals surface area contributed by atoms with Crippen molar-refractivity contribution >= 4 is 22.7 Å². The summed E-state index contributed by atoms with van der Waals surface area (Å²) in [6.45, 7) is 5.26. The van der Waals surface area contributed by atoms with Crippen LogP contribution >= 0.6 is 0 Å². The lowest BCUT2D eigenvalue weighted by Crippen LogP contribution is -2.13. The van der Waals surface area contributed by atoms with Gasteiger partial charge in [0.15, 0.2) is 0 Å². The standard InChI is InChI=1S/C16H20N2O2/c1-3-11(4-2)10-17-15-9-8-12-13(16(19)20)6-5-7-14(12)18-15/h5-9,11H,3-4,10H2,1-2H3,(H,17,18)(H,19,20). The van der Waals surface area contributed by atoms with E-state index >= 15 is 0 Å². The molecule has 0 spiro atoms. The van der Waals surface area contributed by atoms with Crippen LogP contribution in [-0.4, -0.2) is 22.6 Å². The van der Waals surface area contributed by atoms with Crippen molar-refractivity contribution in [2.45, 2.75) is 26.7 Å². The lowest BCUT2D eigenvalue weighted by Gasteiger charge is -2.14. The number of aromatic nitrogens is 1. The van der Waals surface area contributed by atoms with Crippen molar-refractivity contribution in [3.8, 4) is 0 Å². The molecular weight excluding hydrogens is 252 g/mol. The molecule has 0 saturated heterocycles. The molecule has 4 nitrogen and oxygen atoms in total. The Hall–Kier alpha value is -2.10. The minimum atomic E-state index is -0.921. The number of carboxylic acids is 1. The molecule has 0 aliphatic heterocycles. The van der Waals surface area contributed by atoms with E-state index in [4.69, 9.17) is 5.11 Å². The number of nitrogens with zero attached hydrogens (tertiary/aromatic N) is 1. The number of carbonyl (C=O) groups is 1. The Balaban J connectivity index is 2.24. The van der Waals surface area contributed by atoms with Gasteiger partial charge in [-0.2, -0.15) is 0 Å². The number of fused-ring (bicyclic) bond motifs is 1. The number of carboxylic acid groups (broad SMARTS) is 1. The Morgan fingerprint density at radius 2 is 2.00 bits per heavy atom. The van der Waals surface area contributed by atoms with E-state index in [1.165, 1.54) is 0 Å². The zero-order valence-corrected chi connectivity index (χ0v) is 11.9. The Labute approximate surface area is 118 Å². The predicted octanol–water partition coefficient (Wildman–Crippen LogP) is 3.78. The smallest absolute Gasteiger partial charge is 0.336 e. The van der Waals surface area contributed by atoms with Gasteiger partial charge < -0.3 is 10.4 Å². The monoisotopic (exact) mass is 272 g/mol. The van der Waals surface area contributed by atoms with Gasteiger partial charge in [-0.25, -0.2) is 9.78 Å². The van der Waals surface area contributed by atoms with Crippen molar-refractivity contribution in [3.63, 3.8) is 0 Å². The van der Waals surface area contributed by atoms with Gasteiger partial charge in [0.1, 0.15) is 5.82 Å². The topological polar surface area (TPSA) is 62.2 Å². The zero-order valence-electron chi connectivity index (χ0n) is 11.9. The number of pyridine rings is 1. The summed E-state index contributed by atoms with van der Waals surface area (Å²) < 4.78 is 0. The molecular formula is C16H20N2O2. The quantitative estimate of drug-likeness (QED) is 0.840. The van der Waals surface area contributed by atoms with E-state index < -0.39 is 5.97 Å². The lowest BCUT2D eigenvalue weighted by atomic mass is 10.0. The van der Waals surface area contributed by atoms with Crippen LogP contribution in [0.2, 0.25) is 0 Å². The highest BCUT2D eigenvalue weighted by Gasteiger charge is 2.09. The maximum absolute atomic E-state index is 11.1. The molecule has 0 radical (unpaired) electrons. The highest BCUT2D eigenvalue weighted by atomic mass is 16.4. The van der Waals surface area contributed by atoms with Crippen molar-refractivity contribution in [1.29, 1.82) is 0 Å². The molecule has 0 fully saturated rings. The minimum Gasteiger partial charge on any atom is -0.478 e. The van der Waals surface area contributed by atoms with E-state index in [0.717, 1.165) is 25.2 Å². The van der Waals surface area contributed by atoms with Gasteiger partial charge in [0.05, 0.1) is 11.1 Å². The average molecular weight is 272 g/mol. The fraction of sp³-hybridized carbons (Fsp3) is 0.375. The van der Waals surface area contributed by atoms with E-state index in [1.807, 2.05) is 18.2 Å². The second kappa shape index (κ2) is 6.37. The Morgan fingerprint density at radius 1 is 1.25 bits per heavy atom. The average Bonchev–Trinajstić information content (AvgIpc) is 2.47. The fourth-order valence-corrected chi connectivity index (χ4v) is 2.27. The Bertz CT molecular complexity index is 606. The number of anilines is 1. The van der Waals surface area contributed by atoms with Crippen molar-refractivity contribution in [2.75, 3.05) is 11.9 Å². The molecule has 0 unspecified atom stereocenters. The summed E-state index contributed by atoms with van der Waals surface area (Å²) in [6.07, 6.45) is 2.28. The first-order valence-corrected chi connectivity index (χ1v) is 7.02. The SMILES string of the molecule is CCC(CC)CNc1ccc2c(C(=O)O)cccc2n1. The summed E-state index contributed by atoms with van der Waals surface area (Å²) in [4.78, 5) is 15.6. The molecule has 2 aromatic rings. The van der Waals surface area contributed by atoms with Crippen LogP contribution in [0.25, 0.3) is 10.9 Å². The van der Waals surface area contributed by atoms with Gasteiger partial charge in [-0.1, -0.05) is 32.8 Å². The first kappa shape index (κ1) is 14.3. The molecule has 0 atom stereocenters. The van der Waals surface area contributed by atoms with E-state index in [9.17, 15) is 4.79 Å². The Morgan fingerprint density at radius 3 is 2.65 bits per heavy atom. The van der Waals surface area contributed by atoms with E-state index in [-0.39, 0.29) is 0 Å². The second-order valence-electron chi connectivity index (χ2n) is 4.94. The van der Waals surface area contributed by atoms with Gasteiger partial charge >= 0.3 is 5.97 Å². The van der Waals surface area contributed by atoms with Gasteiger partial charge in [0.25, 0.3) is 0 Å². The molecule has 0 saturated carbocycles. The van der Waals surface area contributed by atoms with E-state index in [2.05, 4.69) is 24.1 Å². The molecule has 2 rings (SSSR count). The summed E-state index contributed by atoms with van der Waals surface area (Å²) >= 11 is 0. The summed E-state index contributed by atoms with van der Waals surface area (Å²) in [5.74, 6) is 0.514. The largest absolute Gasteiger partial charge is 0.478 e. The number of nitrogens with one attached hydrogen (secondary N) is 1. The third-order valence-corrected chi connectivity index (χ3v) is 3.69. The van der Waals surface area contributed by atoms with E-state index in [0.29, 0.717) is 22.4 Å². The number of hydrogen-bond donors (Lipinski definition) is 2. The maximum Gasteiger partial charge on any atom is 0.336 e. The van der Waals surface area contributed by atoms with Gasteiger partial charge in [-0.15, -0.1) is 0 Å². The zero-order chi connectivity index (χ0) is 14.5. The second-order valence-corrected chi connectivity index (χ2v) is 4.94. The molecule has 4 heteroatoms. The van der Waals surface area contributed by atoms with Gasteiger partial charge in [-0.05, 0) is 30.2 Å². The van der Waals surface area contributed by atoms with Crippen LogP contribution in [0.5, 0.6) is 0 Å². The summed E-state index contributed by atoms with van der Waals surface area (Å²) in [5.41, 5.74) is 1.00. The van der Waals surface area contributed by atoms with Crippen LogP contribution in [0, 0.1) is 5.92 Å². The van der Waals surface area contributed by atoms with Crippen LogP contribution in [0.1, 0.15) is 37.0 Å². The van der Waals surface area contributed by atoms with Crippen LogP contribution in [0.3, 0.4) is 0 Å². The summed E-state index contributed by atoms with van der Waals surface area (Å²) in [7, 11) is 0. The third kappa shape index (κ3) is 3.07. The molecule has 2 N–H and O–H groups in total. The minimum absolute atomic E-state index is 0.293. The van der Waals surface area contributed by atoms with Crippen molar-refractivity contribution in [3.05, 3.63) is 35.9 Å². The first-order valence-electron chi connectivity index (χ1n) is 7.02. The van der Waals surface area contributed by atoms with Gasteiger partial charge in [0, 0.05) is 11.9 Å². The molecule has 0 aliphatic rings. The van der Waals surface area contributed by atoms with Crippen molar-refractivity contribution in [2.24, 2.45) is 5.92 Å². The number of rotatable bonds is 6. The van der Waals surface area contributed by atoms with Crippen LogP contribution in [-0.2, 0) is 0 Å². The van der Waals surface area contributed by atoms with E-state index in [1.54, 1.807) is 12.1 Å². The van der Waals surface area contributed by atoms with Gasteiger partial charge in [-0.3, -0.25) is 0 Å². The normalized spacial score (nSPS) is 10.9. The van der Waals surface area contributed by atoms with Crippen molar-refractivity contribution < 1.29 is 9.90 Å². The van der Waals surface area contributed by atoms with Crippen LogP contribution < -0.4 is 5.32 Å². The molecule has 20 heavy (non-hydrogen) atoms. The molecule has 0 bridgehead atoms. The molecule has 106 valence electrons. The first-order chi connectivity index (χ1) is 9.65. The fourth-order valence-electron chi connectivity index (χ4n) is 2.27. The lowest BCUT2D eigenvalue weighted by molar-refractivity contribution is 0.0699. The number of benzene rings is 1. The molecule has 0 aliphatic carbocycles. The molecule has 1 aromatic heterocycles. The number of aromatic carboxylic acids is 1. The summed E-state index contributed by atoms with van der Waals surface area (Å²) in [5, 5.41) is 13.2. The molecule has 0 amide bonds. The summed E-state index contributed by atoms with van der Waals surface area (Å²) in [6, 6.07) is 8.83. The van der Waals surface area contributed by atoms with Crippen molar-refractivity contribution in [1.82, 2.24) is 4.98 Å². The molecule has 1 heterocycles. The number of hydrogen-bond acceptors (Lipinski definition) is 3. The highest BCUT2D eigenvalue weighted by molar-refractivity contribution is 6.02. The molecule has 1 aromatic carbocycles. The third-order valence-electron chi connectivity index (χ3n) is 3.69. The van der Waals surface area contributed by atoms with Crippen LogP contribution in [0.4, 0.5) is 5.82 Å². The maximum atomic E-state index is 11.1. The Kier molecular flexibility index (Phi) is 4.56. The highest BCUT2D eigenvalue weighted by Crippen LogP contribution is 2.20.